The molecule has 0 aliphatic heterocycles. The number of rotatable bonds is 6. The van der Waals surface area contributed by atoms with Gasteiger partial charge in [0.25, 0.3) is 0 Å². The Kier molecular flexibility index (Phi) is 5.04. The Morgan fingerprint density at radius 2 is 1.92 bits per heavy atom. The molecule has 0 spiro atoms. The Bertz CT molecular complexity index is 850. The maximum absolute atomic E-state index is 13.7. The van der Waals surface area contributed by atoms with Crippen molar-refractivity contribution in [2.75, 3.05) is 0 Å². The Balaban J connectivity index is 2.25. The molecule has 0 fully saturated rings. The first-order valence-corrected chi connectivity index (χ1v) is 8.52. The molecule has 2 aromatic heterocycles. The normalized spacial score (nSPS) is 12.0. The minimum absolute atomic E-state index is 0.227. The van der Waals surface area contributed by atoms with Gasteiger partial charge in [0.1, 0.15) is 5.82 Å². The predicted octanol–water partition coefficient (Wildman–Crippen LogP) is 5.54. The summed E-state index contributed by atoms with van der Waals surface area (Å²) in [5.41, 5.74) is 3.25. The van der Waals surface area contributed by atoms with Crippen LogP contribution in [0.5, 0.6) is 0 Å². The van der Waals surface area contributed by atoms with E-state index in [0.29, 0.717) is 5.95 Å². The molecule has 0 unspecified atom stereocenters. The van der Waals surface area contributed by atoms with Crippen LogP contribution in [0, 0.1) is 5.82 Å². The van der Waals surface area contributed by atoms with E-state index in [9.17, 15) is 4.39 Å². The summed E-state index contributed by atoms with van der Waals surface area (Å²) < 4.78 is 15.7. The van der Waals surface area contributed by atoms with Crippen LogP contribution in [-0.4, -0.2) is 14.5 Å². The standard InChI is InChI=1S/C20H22FN3/c1-3-5-8-15(7-4-2)19-14-16-13-17(21)9-10-18(16)24(19)20-22-11-6-12-23-20/h6,8-14H,3-5,7H2,1-2H3/b15-8+. The van der Waals surface area contributed by atoms with E-state index in [4.69, 9.17) is 0 Å². The van der Waals surface area contributed by atoms with Crippen LogP contribution < -0.4 is 0 Å². The summed E-state index contributed by atoms with van der Waals surface area (Å²) >= 11 is 0. The highest BCUT2D eigenvalue weighted by molar-refractivity contribution is 5.87. The summed E-state index contributed by atoms with van der Waals surface area (Å²) in [4.78, 5) is 8.82. The molecular formula is C20H22FN3. The van der Waals surface area contributed by atoms with Gasteiger partial charge in [-0.05, 0) is 48.7 Å². The summed E-state index contributed by atoms with van der Waals surface area (Å²) in [5.74, 6) is 0.391. The van der Waals surface area contributed by atoms with Crippen molar-refractivity contribution in [1.82, 2.24) is 14.5 Å². The maximum atomic E-state index is 13.7. The first-order valence-electron chi connectivity index (χ1n) is 8.52. The number of fused-ring (bicyclic) bond motifs is 1. The zero-order chi connectivity index (χ0) is 16.9. The summed E-state index contributed by atoms with van der Waals surface area (Å²) in [5, 5.41) is 0.871. The third-order valence-electron chi connectivity index (χ3n) is 4.04. The molecule has 1 aromatic carbocycles. The largest absolute Gasteiger partial charge is 0.278 e. The van der Waals surface area contributed by atoms with Gasteiger partial charge in [-0.3, -0.25) is 4.57 Å². The fraction of sp³-hybridized carbons (Fsp3) is 0.300. The van der Waals surface area contributed by atoms with E-state index in [1.54, 1.807) is 30.6 Å². The molecule has 0 aliphatic carbocycles. The van der Waals surface area contributed by atoms with Crippen LogP contribution in [-0.2, 0) is 0 Å². The third kappa shape index (κ3) is 3.23. The lowest BCUT2D eigenvalue weighted by Gasteiger charge is -2.12. The number of unbranched alkanes of at least 4 members (excludes halogenated alkanes) is 1. The van der Waals surface area contributed by atoms with Crippen LogP contribution in [0.15, 0.2) is 48.8 Å². The fourth-order valence-corrected chi connectivity index (χ4v) is 2.97. The van der Waals surface area contributed by atoms with Gasteiger partial charge in [-0.1, -0.05) is 32.8 Å². The van der Waals surface area contributed by atoms with Crippen molar-refractivity contribution >= 4 is 16.5 Å². The van der Waals surface area contributed by atoms with E-state index in [0.717, 1.165) is 42.3 Å². The number of halogens is 1. The van der Waals surface area contributed by atoms with E-state index < -0.39 is 0 Å². The van der Waals surface area contributed by atoms with Gasteiger partial charge in [0, 0.05) is 17.8 Å². The van der Waals surface area contributed by atoms with Gasteiger partial charge in [-0.15, -0.1) is 0 Å². The van der Waals surface area contributed by atoms with E-state index in [1.165, 1.54) is 11.6 Å². The van der Waals surface area contributed by atoms with Crippen LogP contribution in [0.2, 0.25) is 0 Å². The number of benzene rings is 1. The summed E-state index contributed by atoms with van der Waals surface area (Å²) in [6.07, 6.45) is 9.92. The topological polar surface area (TPSA) is 30.7 Å². The molecular weight excluding hydrogens is 301 g/mol. The number of allylic oxidation sites excluding steroid dienone is 2. The smallest absolute Gasteiger partial charge is 0.234 e. The molecule has 0 amide bonds. The van der Waals surface area contributed by atoms with Crippen molar-refractivity contribution in [2.24, 2.45) is 0 Å². The molecule has 2 heterocycles. The lowest BCUT2D eigenvalue weighted by Crippen LogP contribution is -2.04. The lowest BCUT2D eigenvalue weighted by molar-refractivity contribution is 0.629. The molecule has 24 heavy (non-hydrogen) atoms. The predicted molar refractivity (Wildman–Crippen MR) is 96.6 cm³/mol. The Morgan fingerprint density at radius 3 is 2.62 bits per heavy atom. The molecule has 3 aromatic rings. The first kappa shape index (κ1) is 16.4. The van der Waals surface area contributed by atoms with Crippen LogP contribution in [0.3, 0.4) is 0 Å². The molecule has 3 rings (SSSR count). The average molecular weight is 323 g/mol. The molecule has 0 saturated carbocycles. The van der Waals surface area contributed by atoms with Crippen LogP contribution >= 0.6 is 0 Å². The van der Waals surface area contributed by atoms with E-state index in [1.807, 2.05) is 10.6 Å². The second-order valence-corrected chi connectivity index (χ2v) is 5.88. The Hall–Kier alpha value is -2.49. The van der Waals surface area contributed by atoms with Crippen molar-refractivity contribution in [3.8, 4) is 5.95 Å². The fourth-order valence-electron chi connectivity index (χ4n) is 2.97. The maximum Gasteiger partial charge on any atom is 0.234 e. The van der Waals surface area contributed by atoms with Crippen LogP contribution in [0.4, 0.5) is 4.39 Å². The van der Waals surface area contributed by atoms with Crippen molar-refractivity contribution in [2.45, 2.75) is 39.5 Å². The van der Waals surface area contributed by atoms with Crippen LogP contribution in [0.1, 0.15) is 45.2 Å². The summed E-state index contributed by atoms with van der Waals surface area (Å²) in [6.45, 7) is 4.34. The molecule has 0 radical (unpaired) electrons. The van der Waals surface area contributed by atoms with Gasteiger partial charge < -0.3 is 0 Å². The number of nitrogens with zero attached hydrogens (tertiary/aromatic N) is 3. The van der Waals surface area contributed by atoms with Crippen molar-refractivity contribution in [3.05, 3.63) is 60.3 Å². The quantitative estimate of drug-likeness (QED) is 0.596. The molecule has 0 aliphatic rings. The summed E-state index contributed by atoms with van der Waals surface area (Å²) in [7, 11) is 0. The Labute approximate surface area is 141 Å². The summed E-state index contributed by atoms with van der Waals surface area (Å²) in [6, 6.07) is 8.71. The van der Waals surface area contributed by atoms with Gasteiger partial charge in [-0.25, -0.2) is 14.4 Å². The molecule has 0 bridgehead atoms. The van der Waals surface area contributed by atoms with Crippen LogP contribution in [0.25, 0.3) is 22.4 Å². The van der Waals surface area contributed by atoms with Crippen molar-refractivity contribution in [3.63, 3.8) is 0 Å². The highest BCUT2D eigenvalue weighted by Gasteiger charge is 2.15. The zero-order valence-electron chi connectivity index (χ0n) is 14.2. The number of aromatic nitrogens is 3. The number of hydrogen-bond donors (Lipinski definition) is 0. The molecule has 0 saturated heterocycles. The van der Waals surface area contributed by atoms with Gasteiger partial charge >= 0.3 is 0 Å². The minimum atomic E-state index is -0.227. The highest BCUT2D eigenvalue weighted by atomic mass is 19.1. The second kappa shape index (κ2) is 7.39. The van der Waals surface area contributed by atoms with Gasteiger partial charge in [0.2, 0.25) is 5.95 Å². The van der Waals surface area contributed by atoms with Gasteiger partial charge in [-0.2, -0.15) is 0 Å². The Morgan fingerprint density at radius 1 is 1.12 bits per heavy atom. The van der Waals surface area contributed by atoms with E-state index >= 15 is 0 Å². The molecule has 0 N–H and O–H groups in total. The van der Waals surface area contributed by atoms with Gasteiger partial charge in [0.15, 0.2) is 0 Å². The zero-order valence-corrected chi connectivity index (χ0v) is 14.2. The van der Waals surface area contributed by atoms with Crippen molar-refractivity contribution < 1.29 is 4.39 Å². The highest BCUT2D eigenvalue weighted by Crippen LogP contribution is 2.30. The average Bonchev–Trinajstić information content (AvgIpc) is 2.97. The van der Waals surface area contributed by atoms with E-state index in [2.05, 4.69) is 29.9 Å². The van der Waals surface area contributed by atoms with Gasteiger partial charge in [0.05, 0.1) is 11.2 Å². The molecule has 4 heteroatoms. The third-order valence-corrected chi connectivity index (χ3v) is 4.04. The van der Waals surface area contributed by atoms with Crippen molar-refractivity contribution in [1.29, 1.82) is 0 Å². The minimum Gasteiger partial charge on any atom is -0.278 e. The second-order valence-electron chi connectivity index (χ2n) is 5.88. The molecule has 0 atom stereocenters. The first-order chi connectivity index (χ1) is 11.7. The monoisotopic (exact) mass is 323 g/mol. The van der Waals surface area contributed by atoms with E-state index in [-0.39, 0.29) is 5.82 Å². The molecule has 3 nitrogen and oxygen atoms in total. The molecule has 124 valence electrons. The SMILES string of the molecule is CCC/C=C(\CCC)c1cc2cc(F)ccc2n1-c1ncccn1. The number of hydrogen-bond acceptors (Lipinski definition) is 2. The lowest BCUT2D eigenvalue weighted by atomic mass is 10.0.